The van der Waals surface area contributed by atoms with E-state index in [-0.39, 0.29) is 12.3 Å². The van der Waals surface area contributed by atoms with E-state index < -0.39 is 5.97 Å². The zero-order valence-corrected chi connectivity index (χ0v) is 11.3. The minimum absolute atomic E-state index is 0.0895. The quantitative estimate of drug-likeness (QED) is 0.830. The van der Waals surface area contributed by atoms with Gasteiger partial charge in [0.2, 0.25) is 5.91 Å². The molecule has 1 aromatic rings. The van der Waals surface area contributed by atoms with Crippen LogP contribution >= 0.6 is 11.8 Å². The van der Waals surface area contributed by atoms with Gasteiger partial charge in [-0.1, -0.05) is 32.0 Å². The molecule has 2 N–H and O–H groups in total. The van der Waals surface area contributed by atoms with Crippen molar-refractivity contribution in [3.8, 4) is 0 Å². The Balaban J connectivity index is 2.65. The molecule has 0 bridgehead atoms. The highest BCUT2D eigenvalue weighted by atomic mass is 32.2. The van der Waals surface area contributed by atoms with E-state index in [0.29, 0.717) is 22.3 Å². The molecule has 4 nitrogen and oxygen atoms in total. The van der Waals surface area contributed by atoms with Gasteiger partial charge < -0.3 is 10.4 Å². The zero-order valence-electron chi connectivity index (χ0n) is 10.5. The number of carbonyl (C=O) groups is 2. The number of carbonyl (C=O) groups excluding carboxylic acids is 1. The summed E-state index contributed by atoms with van der Waals surface area (Å²) < 4.78 is 0. The maximum atomic E-state index is 11.7. The van der Waals surface area contributed by atoms with Crippen LogP contribution < -0.4 is 5.32 Å². The van der Waals surface area contributed by atoms with Crippen molar-refractivity contribution >= 4 is 29.3 Å². The van der Waals surface area contributed by atoms with Crippen molar-refractivity contribution in [3.05, 3.63) is 29.8 Å². The molecule has 1 aromatic carbocycles. The fourth-order valence-electron chi connectivity index (χ4n) is 1.39. The van der Waals surface area contributed by atoms with E-state index >= 15 is 0 Å². The van der Waals surface area contributed by atoms with Gasteiger partial charge in [-0.25, -0.2) is 0 Å². The third kappa shape index (κ3) is 5.23. The van der Waals surface area contributed by atoms with E-state index in [9.17, 15) is 9.59 Å². The Bertz CT molecular complexity index is 432. The lowest BCUT2D eigenvalue weighted by molar-refractivity contribution is -0.136. The summed E-state index contributed by atoms with van der Waals surface area (Å²) in [6.07, 6.45) is -0.0895. The molecule has 0 aliphatic rings. The monoisotopic (exact) mass is 267 g/mol. The average molecular weight is 267 g/mol. The number of nitrogens with one attached hydrogen (secondary N) is 1. The number of amides is 1. The predicted molar refractivity (Wildman–Crippen MR) is 74.0 cm³/mol. The number of aliphatic carboxylic acids is 1. The van der Waals surface area contributed by atoms with Crippen LogP contribution in [-0.2, 0) is 16.0 Å². The van der Waals surface area contributed by atoms with Gasteiger partial charge in [0, 0.05) is 5.69 Å². The molecule has 0 fully saturated rings. The number of anilines is 1. The predicted octanol–water partition coefficient (Wildman–Crippen LogP) is 2.39. The fraction of sp³-hybridized carbons (Fsp3) is 0.385. The third-order valence-electron chi connectivity index (χ3n) is 2.18. The van der Waals surface area contributed by atoms with Crippen LogP contribution in [0.2, 0.25) is 0 Å². The highest BCUT2D eigenvalue weighted by Crippen LogP contribution is 2.17. The second kappa shape index (κ2) is 7.06. The van der Waals surface area contributed by atoms with Gasteiger partial charge in [-0.3, -0.25) is 9.59 Å². The largest absolute Gasteiger partial charge is 0.481 e. The van der Waals surface area contributed by atoms with Gasteiger partial charge in [0.25, 0.3) is 0 Å². The van der Waals surface area contributed by atoms with Gasteiger partial charge in [0.15, 0.2) is 0 Å². The van der Waals surface area contributed by atoms with Crippen LogP contribution in [0.4, 0.5) is 5.69 Å². The number of carboxylic acids is 1. The molecule has 0 atom stereocenters. The molecule has 0 aliphatic heterocycles. The first-order chi connectivity index (χ1) is 8.49. The van der Waals surface area contributed by atoms with Crippen LogP contribution in [0.15, 0.2) is 24.3 Å². The van der Waals surface area contributed by atoms with Gasteiger partial charge in [-0.05, 0) is 16.9 Å². The Morgan fingerprint density at radius 1 is 1.33 bits per heavy atom. The van der Waals surface area contributed by atoms with Crippen molar-refractivity contribution in [2.75, 3.05) is 11.1 Å². The Morgan fingerprint density at radius 3 is 2.61 bits per heavy atom. The molecule has 98 valence electrons. The smallest absolute Gasteiger partial charge is 0.307 e. The number of hydrogen-bond donors (Lipinski definition) is 2. The number of rotatable bonds is 6. The van der Waals surface area contributed by atoms with Crippen molar-refractivity contribution in [2.24, 2.45) is 0 Å². The first-order valence-corrected chi connectivity index (χ1v) is 6.75. The molecule has 5 heteroatoms. The van der Waals surface area contributed by atoms with Gasteiger partial charge >= 0.3 is 5.97 Å². The molecule has 0 saturated carbocycles. The molecule has 0 saturated heterocycles. The Hall–Kier alpha value is -1.49. The summed E-state index contributed by atoms with van der Waals surface area (Å²) in [5.74, 6) is -0.640. The SMILES string of the molecule is CC(C)SCC(=O)Nc1ccccc1CC(=O)O. The Labute approximate surface area is 111 Å². The number of hydrogen-bond acceptors (Lipinski definition) is 3. The van der Waals surface area contributed by atoms with Gasteiger partial charge in [0.05, 0.1) is 12.2 Å². The summed E-state index contributed by atoms with van der Waals surface area (Å²) in [7, 11) is 0. The molecular formula is C13H17NO3S. The molecule has 0 heterocycles. The second-order valence-electron chi connectivity index (χ2n) is 4.14. The van der Waals surface area contributed by atoms with E-state index in [0.717, 1.165) is 0 Å². The molecule has 18 heavy (non-hydrogen) atoms. The lowest BCUT2D eigenvalue weighted by atomic mass is 10.1. The maximum absolute atomic E-state index is 11.7. The normalized spacial score (nSPS) is 10.4. The molecule has 1 rings (SSSR count). The molecule has 0 unspecified atom stereocenters. The van der Waals surface area contributed by atoms with Crippen LogP contribution in [0.3, 0.4) is 0 Å². The highest BCUT2D eigenvalue weighted by Gasteiger charge is 2.09. The summed E-state index contributed by atoms with van der Waals surface area (Å²) >= 11 is 1.55. The van der Waals surface area contributed by atoms with Gasteiger partial charge in [-0.2, -0.15) is 0 Å². The van der Waals surface area contributed by atoms with Crippen molar-refractivity contribution < 1.29 is 14.7 Å². The lowest BCUT2D eigenvalue weighted by Crippen LogP contribution is -2.17. The summed E-state index contributed by atoms with van der Waals surface area (Å²) in [6.45, 7) is 4.05. The average Bonchev–Trinajstić information content (AvgIpc) is 2.28. The fourth-order valence-corrected chi connectivity index (χ4v) is 1.94. The first kappa shape index (κ1) is 14.6. The molecule has 0 spiro atoms. The highest BCUT2D eigenvalue weighted by molar-refractivity contribution is 8.00. The van der Waals surface area contributed by atoms with Crippen LogP contribution in [0.5, 0.6) is 0 Å². The number of benzene rings is 1. The van der Waals surface area contributed by atoms with E-state index in [4.69, 9.17) is 5.11 Å². The standard InChI is InChI=1S/C13H17NO3S/c1-9(2)18-8-12(15)14-11-6-4-3-5-10(11)7-13(16)17/h3-6,9H,7-8H2,1-2H3,(H,14,15)(H,16,17). The molecule has 0 aromatic heterocycles. The van der Waals surface area contributed by atoms with Gasteiger partial charge in [-0.15, -0.1) is 11.8 Å². The number of para-hydroxylation sites is 1. The maximum Gasteiger partial charge on any atom is 0.307 e. The Kier molecular flexibility index (Phi) is 5.71. The van der Waals surface area contributed by atoms with Crippen LogP contribution in [0.25, 0.3) is 0 Å². The summed E-state index contributed by atoms with van der Waals surface area (Å²) in [6, 6.07) is 6.96. The molecular weight excluding hydrogens is 250 g/mol. The Morgan fingerprint density at radius 2 is 2.00 bits per heavy atom. The van der Waals surface area contributed by atoms with Crippen molar-refractivity contribution in [1.82, 2.24) is 0 Å². The van der Waals surface area contributed by atoms with E-state index in [1.165, 1.54) is 0 Å². The zero-order chi connectivity index (χ0) is 13.5. The minimum atomic E-state index is -0.909. The number of thioether (sulfide) groups is 1. The van der Waals surface area contributed by atoms with E-state index in [2.05, 4.69) is 5.32 Å². The molecule has 1 amide bonds. The minimum Gasteiger partial charge on any atom is -0.481 e. The molecule has 0 aliphatic carbocycles. The van der Waals surface area contributed by atoms with Crippen molar-refractivity contribution in [3.63, 3.8) is 0 Å². The summed E-state index contributed by atoms with van der Waals surface area (Å²) in [4.78, 5) is 22.4. The van der Waals surface area contributed by atoms with Gasteiger partial charge in [0.1, 0.15) is 0 Å². The lowest BCUT2D eigenvalue weighted by Gasteiger charge is -2.10. The van der Waals surface area contributed by atoms with Crippen molar-refractivity contribution in [1.29, 1.82) is 0 Å². The first-order valence-electron chi connectivity index (χ1n) is 5.70. The van der Waals surface area contributed by atoms with Crippen molar-refractivity contribution in [2.45, 2.75) is 25.5 Å². The van der Waals surface area contributed by atoms with E-state index in [1.54, 1.807) is 36.0 Å². The van der Waals surface area contributed by atoms with Crippen LogP contribution in [-0.4, -0.2) is 28.0 Å². The van der Waals surface area contributed by atoms with Crippen LogP contribution in [0, 0.1) is 0 Å². The second-order valence-corrected chi connectivity index (χ2v) is 5.70. The number of carboxylic acid groups (broad SMARTS) is 1. The topological polar surface area (TPSA) is 66.4 Å². The summed E-state index contributed by atoms with van der Waals surface area (Å²) in [5.41, 5.74) is 1.20. The third-order valence-corrected chi connectivity index (χ3v) is 3.28. The van der Waals surface area contributed by atoms with Crippen LogP contribution in [0.1, 0.15) is 19.4 Å². The summed E-state index contributed by atoms with van der Waals surface area (Å²) in [5, 5.41) is 11.9. The van der Waals surface area contributed by atoms with E-state index in [1.807, 2.05) is 13.8 Å². The molecule has 0 radical (unpaired) electrons.